The van der Waals surface area contributed by atoms with Crippen LogP contribution >= 0.6 is 0 Å². The molecule has 5 heteroatoms. The van der Waals surface area contributed by atoms with E-state index >= 15 is 0 Å². The quantitative estimate of drug-likeness (QED) is 0.307. The molecule has 1 saturated heterocycles. The molecule has 0 aliphatic carbocycles. The fraction of sp³-hybridized carbons (Fsp3) is 0.800. The first-order valence-corrected chi connectivity index (χ1v) is 2.97. The summed E-state index contributed by atoms with van der Waals surface area (Å²) in [6.07, 6.45) is 1.78. The van der Waals surface area contributed by atoms with Gasteiger partial charge in [0.1, 0.15) is 6.04 Å². The van der Waals surface area contributed by atoms with E-state index in [-0.39, 0.29) is 6.04 Å². The van der Waals surface area contributed by atoms with Crippen molar-refractivity contribution in [2.45, 2.75) is 18.9 Å². The average molecular weight is 149 g/mol. The summed E-state index contributed by atoms with van der Waals surface area (Å²) >= 11 is 0. The number of carboxylic acids is 1. The van der Waals surface area contributed by atoms with E-state index in [2.05, 4.69) is 5.32 Å². The van der Waals surface area contributed by atoms with E-state index < -0.39 is 5.97 Å². The van der Waals surface area contributed by atoms with E-state index in [0.29, 0.717) is 0 Å². The first-order valence-electron chi connectivity index (χ1n) is 2.97. The van der Waals surface area contributed by atoms with Crippen LogP contribution in [0.25, 0.3) is 0 Å². The number of rotatable bonds is 1. The lowest BCUT2D eigenvalue weighted by Gasteiger charge is -1.99. The van der Waals surface area contributed by atoms with Gasteiger partial charge in [-0.15, -0.1) is 0 Å². The highest BCUT2D eigenvalue weighted by atomic mass is 17.0. The van der Waals surface area contributed by atoms with Gasteiger partial charge in [0, 0.05) is 0 Å². The Morgan fingerprint density at radius 3 is 2.30 bits per heavy atom. The van der Waals surface area contributed by atoms with Crippen LogP contribution in [-0.2, 0) is 4.79 Å². The molecule has 0 spiro atoms. The van der Waals surface area contributed by atoms with Crippen LogP contribution < -0.4 is 5.32 Å². The van der Waals surface area contributed by atoms with Crippen LogP contribution in [0.2, 0.25) is 0 Å². The lowest BCUT2D eigenvalue weighted by Crippen LogP contribution is -2.29. The molecule has 1 aliphatic heterocycles. The van der Waals surface area contributed by atoms with Crippen molar-refractivity contribution in [3.63, 3.8) is 0 Å². The Labute approximate surface area is 58.2 Å². The molecular weight excluding hydrogens is 138 g/mol. The first-order chi connectivity index (χ1) is 4.80. The summed E-state index contributed by atoms with van der Waals surface area (Å²) in [6, 6.07) is -0.269. The van der Waals surface area contributed by atoms with Crippen molar-refractivity contribution in [1.29, 1.82) is 0 Å². The van der Waals surface area contributed by atoms with Crippen LogP contribution in [-0.4, -0.2) is 34.2 Å². The molecule has 5 nitrogen and oxygen atoms in total. The summed E-state index contributed by atoms with van der Waals surface area (Å²) in [5.74, 6) is -0.720. The summed E-state index contributed by atoms with van der Waals surface area (Å²) in [7, 11) is 0. The zero-order valence-corrected chi connectivity index (χ0v) is 5.45. The molecule has 1 rings (SSSR count). The van der Waals surface area contributed by atoms with Crippen LogP contribution in [0.15, 0.2) is 0 Å². The lowest BCUT2D eigenvalue weighted by molar-refractivity contribution is -0.176. The van der Waals surface area contributed by atoms with Gasteiger partial charge in [-0.25, -0.2) is 0 Å². The number of carboxylic acid groups (broad SMARTS) is 1. The summed E-state index contributed by atoms with van der Waals surface area (Å²) in [5, 5.41) is 23.2. The van der Waals surface area contributed by atoms with Gasteiger partial charge in [-0.05, 0) is 19.4 Å². The molecule has 1 atom stereocenters. The topological polar surface area (TPSA) is 89.8 Å². The van der Waals surface area contributed by atoms with E-state index in [1.54, 1.807) is 0 Å². The van der Waals surface area contributed by atoms with Gasteiger partial charge >= 0.3 is 5.97 Å². The number of nitrogens with one attached hydrogen (secondary N) is 1. The minimum atomic E-state index is -0.720. The second kappa shape index (κ2) is 5.16. The standard InChI is InChI=1S/C5H9NO2.H2O2/c7-5(8)4-2-1-3-6-4;1-2/h4,6H,1-3H2,(H,7,8);1-2H/t4-;/m0./s1. The van der Waals surface area contributed by atoms with Gasteiger partial charge in [0.05, 0.1) is 0 Å². The summed E-state index contributed by atoms with van der Waals surface area (Å²) in [6.45, 7) is 0.858. The Hall–Kier alpha value is -0.650. The summed E-state index contributed by atoms with van der Waals surface area (Å²) < 4.78 is 0. The van der Waals surface area contributed by atoms with Gasteiger partial charge in [0.25, 0.3) is 0 Å². The molecule has 1 heterocycles. The third-order valence-electron chi connectivity index (χ3n) is 1.36. The van der Waals surface area contributed by atoms with Crippen molar-refractivity contribution >= 4 is 5.97 Å². The molecule has 0 aromatic rings. The van der Waals surface area contributed by atoms with Crippen LogP contribution in [0.4, 0.5) is 0 Å². The van der Waals surface area contributed by atoms with Crippen LogP contribution in [0, 0.1) is 0 Å². The molecule has 4 N–H and O–H groups in total. The summed E-state index contributed by atoms with van der Waals surface area (Å²) in [4.78, 5) is 10.1. The van der Waals surface area contributed by atoms with Gasteiger partial charge in [-0.2, -0.15) is 0 Å². The molecule has 0 amide bonds. The van der Waals surface area contributed by atoms with Gasteiger partial charge < -0.3 is 10.4 Å². The van der Waals surface area contributed by atoms with Crippen LogP contribution in [0.1, 0.15) is 12.8 Å². The number of hydrogen-bond donors (Lipinski definition) is 4. The van der Waals surface area contributed by atoms with E-state index in [1.165, 1.54) is 0 Å². The molecule has 0 aromatic carbocycles. The number of hydrogen-bond acceptors (Lipinski definition) is 4. The van der Waals surface area contributed by atoms with E-state index in [4.69, 9.17) is 15.6 Å². The van der Waals surface area contributed by atoms with Gasteiger partial charge in [-0.1, -0.05) is 0 Å². The molecule has 10 heavy (non-hydrogen) atoms. The van der Waals surface area contributed by atoms with Crippen molar-refractivity contribution in [1.82, 2.24) is 5.32 Å². The highest BCUT2D eigenvalue weighted by Crippen LogP contribution is 2.03. The van der Waals surface area contributed by atoms with Crippen molar-refractivity contribution in [2.75, 3.05) is 6.54 Å². The molecule has 1 aliphatic rings. The maximum atomic E-state index is 10.1. The predicted molar refractivity (Wildman–Crippen MR) is 33.9 cm³/mol. The molecule has 1 fully saturated rings. The normalized spacial score (nSPS) is 23.2. The fourth-order valence-electron chi connectivity index (χ4n) is 0.895. The fourth-order valence-corrected chi connectivity index (χ4v) is 0.895. The van der Waals surface area contributed by atoms with Gasteiger partial charge in [-0.3, -0.25) is 15.3 Å². The third-order valence-corrected chi connectivity index (χ3v) is 1.36. The van der Waals surface area contributed by atoms with E-state index in [9.17, 15) is 4.79 Å². The minimum absolute atomic E-state index is 0.269. The van der Waals surface area contributed by atoms with Crippen molar-refractivity contribution < 1.29 is 20.4 Å². The maximum absolute atomic E-state index is 10.1. The smallest absolute Gasteiger partial charge is 0.320 e. The second-order valence-corrected chi connectivity index (χ2v) is 1.99. The summed E-state index contributed by atoms with van der Waals surface area (Å²) in [5.41, 5.74) is 0. The molecule has 60 valence electrons. The third kappa shape index (κ3) is 2.77. The van der Waals surface area contributed by atoms with Crippen molar-refractivity contribution in [2.24, 2.45) is 0 Å². The lowest BCUT2D eigenvalue weighted by atomic mass is 10.2. The van der Waals surface area contributed by atoms with Gasteiger partial charge in [0.2, 0.25) is 0 Å². The predicted octanol–water partition coefficient (Wildman–Crippen LogP) is -0.160. The Morgan fingerprint density at radius 1 is 1.50 bits per heavy atom. The van der Waals surface area contributed by atoms with E-state index in [1.807, 2.05) is 0 Å². The van der Waals surface area contributed by atoms with Gasteiger partial charge in [0.15, 0.2) is 0 Å². The Bertz CT molecular complexity index is 99.8. The zero-order valence-electron chi connectivity index (χ0n) is 5.45. The molecule has 0 aromatic heterocycles. The average Bonchev–Trinajstić information content (AvgIpc) is 2.42. The van der Waals surface area contributed by atoms with Crippen molar-refractivity contribution in [3.8, 4) is 0 Å². The molecule has 0 saturated carbocycles. The SMILES string of the molecule is O=C(O)[C@@H]1CCCN1.OO. The molecule has 0 unspecified atom stereocenters. The van der Waals surface area contributed by atoms with E-state index in [0.717, 1.165) is 19.4 Å². The second-order valence-electron chi connectivity index (χ2n) is 1.99. The Morgan fingerprint density at radius 2 is 2.10 bits per heavy atom. The van der Waals surface area contributed by atoms with Crippen LogP contribution in [0.3, 0.4) is 0 Å². The van der Waals surface area contributed by atoms with Crippen molar-refractivity contribution in [3.05, 3.63) is 0 Å². The molecule has 0 bridgehead atoms. The monoisotopic (exact) mass is 149 g/mol. The Kier molecular flexibility index (Phi) is 4.82. The largest absolute Gasteiger partial charge is 0.480 e. The maximum Gasteiger partial charge on any atom is 0.320 e. The highest BCUT2D eigenvalue weighted by molar-refractivity contribution is 5.73. The molecule has 0 radical (unpaired) electrons. The van der Waals surface area contributed by atoms with Crippen LogP contribution in [0.5, 0.6) is 0 Å². The number of carbonyl (C=O) groups is 1. The Balaban J connectivity index is 0.000000371. The first kappa shape index (κ1) is 9.35. The minimum Gasteiger partial charge on any atom is -0.480 e. The highest BCUT2D eigenvalue weighted by Gasteiger charge is 2.20. The number of aliphatic carboxylic acids is 1. The zero-order chi connectivity index (χ0) is 7.98. The molecular formula is C5H11NO4.